The highest BCUT2D eigenvalue weighted by molar-refractivity contribution is 8.00. The molecule has 2 aromatic carbocycles. The second-order valence-electron chi connectivity index (χ2n) is 11.1. The van der Waals surface area contributed by atoms with E-state index >= 15 is 0 Å². The second-order valence-corrected chi connectivity index (χ2v) is 12.2. The molecule has 0 aliphatic carbocycles. The van der Waals surface area contributed by atoms with Crippen LogP contribution in [0.2, 0.25) is 0 Å². The highest BCUT2D eigenvalue weighted by Crippen LogP contribution is 2.49. The van der Waals surface area contributed by atoms with Gasteiger partial charge in [-0.3, -0.25) is 19.5 Å². The number of ether oxygens (including phenoxy) is 1. The van der Waals surface area contributed by atoms with Crippen LogP contribution in [-0.4, -0.2) is 46.0 Å². The molecule has 1 aliphatic heterocycles. The molecule has 3 heterocycles. The Kier molecular flexibility index (Phi) is 8.17. The van der Waals surface area contributed by atoms with E-state index in [-0.39, 0.29) is 34.8 Å². The number of pyridine rings is 1. The van der Waals surface area contributed by atoms with E-state index in [2.05, 4.69) is 50.1 Å². The maximum absolute atomic E-state index is 13.8. The van der Waals surface area contributed by atoms with Crippen molar-refractivity contribution in [1.82, 2.24) is 20.1 Å². The zero-order valence-electron chi connectivity index (χ0n) is 24.0. The van der Waals surface area contributed by atoms with E-state index in [0.717, 1.165) is 39.4 Å². The number of amides is 2. The third-order valence-corrected chi connectivity index (χ3v) is 8.36. The molecule has 0 unspecified atom stereocenters. The maximum atomic E-state index is 13.8. The molecule has 5 rings (SSSR count). The Morgan fingerprint density at radius 3 is 2.44 bits per heavy atom. The standard InChI is InChI=1S/C32H35N5O3S/c1-21-8-6-7-9-25(21)29-28-30(32(2,3)4)35-37(23-10-12-24(40-5)13-11-23)31(28)36(27(39)20-41-29)19-26(38)34-18-22-14-16-33-17-15-22/h6-17,29H,18-20H2,1-5H3,(H,34,38)/t29-/m0/s1. The molecule has 4 aromatic rings. The predicted molar refractivity (Wildman–Crippen MR) is 163 cm³/mol. The number of thioether (sulfide) groups is 1. The van der Waals surface area contributed by atoms with Crippen LogP contribution in [0, 0.1) is 6.92 Å². The third kappa shape index (κ3) is 6.00. The van der Waals surface area contributed by atoms with Crippen molar-refractivity contribution in [3.63, 3.8) is 0 Å². The largest absolute Gasteiger partial charge is 0.497 e. The number of nitrogens with zero attached hydrogens (tertiary/aromatic N) is 4. The molecule has 41 heavy (non-hydrogen) atoms. The second kappa shape index (κ2) is 11.8. The van der Waals surface area contributed by atoms with Gasteiger partial charge in [-0.1, -0.05) is 45.0 Å². The lowest BCUT2D eigenvalue weighted by Gasteiger charge is -2.25. The molecule has 2 amide bonds. The summed E-state index contributed by atoms with van der Waals surface area (Å²) in [5.41, 5.74) is 5.51. The number of rotatable bonds is 7. The Bertz CT molecular complexity index is 1540. The van der Waals surface area contributed by atoms with Crippen LogP contribution in [0.4, 0.5) is 5.82 Å². The summed E-state index contributed by atoms with van der Waals surface area (Å²) >= 11 is 1.58. The molecular weight excluding hydrogens is 534 g/mol. The van der Waals surface area contributed by atoms with E-state index < -0.39 is 0 Å². The number of methoxy groups -OCH3 is 1. The summed E-state index contributed by atoms with van der Waals surface area (Å²) in [6.07, 6.45) is 3.38. The number of aryl methyl sites for hydroxylation is 1. The first-order chi connectivity index (χ1) is 19.7. The number of anilines is 1. The molecule has 8 nitrogen and oxygen atoms in total. The van der Waals surface area contributed by atoms with Crippen LogP contribution in [-0.2, 0) is 21.5 Å². The van der Waals surface area contributed by atoms with Crippen molar-refractivity contribution in [3.8, 4) is 11.4 Å². The minimum absolute atomic E-state index is 0.122. The van der Waals surface area contributed by atoms with Gasteiger partial charge in [0.05, 0.1) is 29.5 Å². The maximum Gasteiger partial charge on any atom is 0.240 e. The van der Waals surface area contributed by atoms with Crippen LogP contribution in [0.25, 0.3) is 5.69 Å². The average Bonchev–Trinajstić information content (AvgIpc) is 3.31. The van der Waals surface area contributed by atoms with Crippen molar-refractivity contribution in [2.75, 3.05) is 24.3 Å². The molecule has 0 spiro atoms. The van der Waals surface area contributed by atoms with E-state index in [4.69, 9.17) is 9.84 Å². The number of aromatic nitrogens is 3. The molecule has 0 fully saturated rings. The predicted octanol–water partition coefficient (Wildman–Crippen LogP) is 5.37. The molecule has 1 N–H and O–H groups in total. The number of benzene rings is 2. The molecule has 9 heteroatoms. The van der Waals surface area contributed by atoms with E-state index in [1.807, 2.05) is 53.2 Å². The monoisotopic (exact) mass is 569 g/mol. The van der Waals surface area contributed by atoms with E-state index in [1.165, 1.54) is 0 Å². The van der Waals surface area contributed by atoms with Crippen LogP contribution >= 0.6 is 11.8 Å². The van der Waals surface area contributed by atoms with Crippen molar-refractivity contribution in [1.29, 1.82) is 0 Å². The van der Waals surface area contributed by atoms with Gasteiger partial charge in [0.15, 0.2) is 0 Å². The summed E-state index contributed by atoms with van der Waals surface area (Å²) in [5.74, 6) is 1.20. The molecule has 1 atom stereocenters. The SMILES string of the molecule is COc1ccc(-n2nc(C(C)(C)C)c3c2N(CC(=O)NCc2ccncc2)C(=O)CS[C@H]3c2ccccc2C)cc1. The summed E-state index contributed by atoms with van der Waals surface area (Å²) in [7, 11) is 1.63. The zero-order valence-corrected chi connectivity index (χ0v) is 24.9. The number of nitrogens with one attached hydrogen (secondary N) is 1. The van der Waals surface area contributed by atoms with Gasteiger partial charge in [-0.25, -0.2) is 4.68 Å². The third-order valence-electron chi connectivity index (χ3n) is 7.13. The smallest absolute Gasteiger partial charge is 0.240 e. The summed E-state index contributed by atoms with van der Waals surface area (Å²) in [6.45, 7) is 8.71. The van der Waals surface area contributed by atoms with Gasteiger partial charge in [-0.2, -0.15) is 5.10 Å². The highest BCUT2D eigenvalue weighted by atomic mass is 32.2. The first-order valence-corrected chi connectivity index (χ1v) is 14.6. The first kappa shape index (κ1) is 28.4. The number of fused-ring (bicyclic) bond motifs is 1. The van der Waals surface area contributed by atoms with Crippen molar-refractivity contribution in [2.45, 2.75) is 44.9 Å². The fourth-order valence-electron chi connectivity index (χ4n) is 5.00. The lowest BCUT2D eigenvalue weighted by molar-refractivity contribution is -0.123. The van der Waals surface area contributed by atoms with Crippen LogP contribution < -0.4 is 15.0 Å². The number of carbonyl (C=O) groups is 2. The first-order valence-electron chi connectivity index (χ1n) is 13.6. The number of hydrogen-bond acceptors (Lipinski definition) is 6. The van der Waals surface area contributed by atoms with Crippen molar-refractivity contribution < 1.29 is 14.3 Å². The van der Waals surface area contributed by atoms with Crippen molar-refractivity contribution >= 4 is 29.4 Å². The lowest BCUT2D eigenvalue weighted by atomic mass is 9.86. The lowest BCUT2D eigenvalue weighted by Crippen LogP contribution is -2.42. The van der Waals surface area contributed by atoms with Gasteiger partial charge in [-0.05, 0) is 60.0 Å². The van der Waals surface area contributed by atoms with Gasteiger partial charge in [0.2, 0.25) is 11.8 Å². The zero-order chi connectivity index (χ0) is 29.1. The molecule has 0 saturated heterocycles. The summed E-state index contributed by atoms with van der Waals surface area (Å²) < 4.78 is 7.21. The molecule has 1 aliphatic rings. The minimum Gasteiger partial charge on any atom is -0.497 e. The average molecular weight is 570 g/mol. The van der Waals surface area contributed by atoms with Crippen molar-refractivity contribution in [2.24, 2.45) is 0 Å². The van der Waals surface area contributed by atoms with Gasteiger partial charge in [0, 0.05) is 29.9 Å². The topological polar surface area (TPSA) is 89.3 Å². The van der Waals surface area contributed by atoms with Gasteiger partial charge >= 0.3 is 0 Å². The summed E-state index contributed by atoms with van der Waals surface area (Å²) in [5, 5.41) is 7.98. The van der Waals surface area contributed by atoms with E-state index in [1.54, 1.807) is 36.2 Å². The normalized spacial score (nSPS) is 15.3. The number of hydrogen-bond donors (Lipinski definition) is 1. The van der Waals surface area contributed by atoms with Gasteiger partial charge in [-0.15, -0.1) is 11.8 Å². The highest BCUT2D eigenvalue weighted by Gasteiger charge is 2.40. The van der Waals surface area contributed by atoms with Crippen LogP contribution in [0.1, 0.15) is 54.0 Å². The quantitative estimate of drug-likeness (QED) is 0.322. The molecule has 212 valence electrons. The fraction of sp³-hybridized carbons (Fsp3) is 0.312. The Morgan fingerprint density at radius 1 is 1.07 bits per heavy atom. The molecular formula is C32H35N5O3S. The van der Waals surface area contributed by atoms with Crippen LogP contribution in [0.3, 0.4) is 0 Å². The number of carbonyl (C=O) groups excluding carboxylic acids is 2. The molecule has 0 saturated carbocycles. The molecule has 0 radical (unpaired) electrons. The summed E-state index contributed by atoms with van der Waals surface area (Å²) in [4.78, 5) is 32.8. The van der Waals surface area contributed by atoms with Gasteiger partial charge < -0.3 is 10.1 Å². The summed E-state index contributed by atoms with van der Waals surface area (Å²) in [6, 6.07) is 19.6. The molecule has 0 bridgehead atoms. The van der Waals surface area contributed by atoms with Crippen molar-refractivity contribution in [3.05, 3.63) is 101 Å². The minimum atomic E-state index is -0.327. The van der Waals surface area contributed by atoms with E-state index in [9.17, 15) is 9.59 Å². The molecule has 2 aromatic heterocycles. The van der Waals surface area contributed by atoms with Crippen LogP contribution in [0.5, 0.6) is 5.75 Å². The Morgan fingerprint density at radius 2 is 1.78 bits per heavy atom. The Hall–Kier alpha value is -4.11. The van der Waals surface area contributed by atoms with E-state index in [0.29, 0.717) is 12.4 Å². The fourth-order valence-corrected chi connectivity index (χ4v) is 6.30. The van der Waals surface area contributed by atoms with Gasteiger partial charge in [0.25, 0.3) is 0 Å². The van der Waals surface area contributed by atoms with Gasteiger partial charge in [0.1, 0.15) is 18.1 Å². The Labute approximate surface area is 245 Å². The Balaban J connectivity index is 1.66. The van der Waals surface area contributed by atoms with Crippen LogP contribution in [0.15, 0.2) is 73.1 Å².